The molecule has 0 saturated carbocycles. The van der Waals surface area contributed by atoms with Crippen LogP contribution < -0.4 is 16.2 Å². The molecule has 0 bridgehead atoms. The fraction of sp³-hybridized carbons (Fsp3) is 0.500. The van der Waals surface area contributed by atoms with Crippen molar-refractivity contribution in [1.29, 1.82) is 0 Å². The summed E-state index contributed by atoms with van der Waals surface area (Å²) in [7, 11) is 0. The molecule has 23 heavy (non-hydrogen) atoms. The predicted octanol–water partition coefficient (Wildman–Crippen LogP) is -0.663. The van der Waals surface area contributed by atoms with Crippen LogP contribution in [0.4, 0.5) is 0 Å². The molecular weight excluding hydrogens is 296 g/mol. The summed E-state index contributed by atoms with van der Waals surface area (Å²) in [5.41, 5.74) is -1.01. The molecule has 0 amide bonds. The van der Waals surface area contributed by atoms with Gasteiger partial charge in [-0.25, -0.2) is 4.68 Å². The van der Waals surface area contributed by atoms with E-state index in [1.807, 2.05) is 18.2 Å². The van der Waals surface area contributed by atoms with Gasteiger partial charge in [0.1, 0.15) is 5.60 Å². The number of hydrogen-bond donors (Lipinski definition) is 3. The van der Waals surface area contributed by atoms with Crippen molar-refractivity contribution in [1.82, 2.24) is 20.4 Å². The lowest BCUT2D eigenvalue weighted by Crippen LogP contribution is -2.50. The lowest BCUT2D eigenvalue weighted by Gasteiger charge is -2.26. The molecule has 1 aromatic heterocycles. The quantitative estimate of drug-likeness (QED) is 0.634. The predicted molar refractivity (Wildman–Crippen MR) is 87.5 cm³/mol. The van der Waals surface area contributed by atoms with Gasteiger partial charge < -0.3 is 20.5 Å². The maximum Gasteiger partial charge on any atom is 0.274 e. The van der Waals surface area contributed by atoms with Crippen molar-refractivity contribution in [3.63, 3.8) is 0 Å². The molecule has 0 unspecified atom stereocenters. The van der Waals surface area contributed by atoms with Crippen LogP contribution in [0.3, 0.4) is 0 Å². The second kappa shape index (κ2) is 7.18. The van der Waals surface area contributed by atoms with Gasteiger partial charge in [-0.15, -0.1) is 0 Å². The lowest BCUT2D eigenvalue weighted by molar-refractivity contribution is -0.0262. The van der Waals surface area contributed by atoms with Crippen molar-refractivity contribution >= 4 is 10.8 Å². The molecule has 124 valence electrons. The molecule has 0 radical (unpaired) electrons. The Morgan fingerprint density at radius 3 is 3.22 bits per heavy atom. The topological polar surface area (TPSA) is 88.4 Å². The Morgan fingerprint density at radius 2 is 2.30 bits per heavy atom. The second-order valence-electron chi connectivity index (χ2n) is 5.89. The first-order chi connectivity index (χ1) is 11.2. The number of ether oxygens (including phenoxy) is 1. The van der Waals surface area contributed by atoms with Crippen LogP contribution in [-0.4, -0.2) is 59.9 Å². The number of aromatic nitrogens is 2. The van der Waals surface area contributed by atoms with E-state index in [4.69, 9.17) is 4.74 Å². The number of β-amino-alcohol motifs (C(OH)–C–C–N with tert-alkyl or cyclic N) is 1. The number of aliphatic hydroxyl groups is 1. The molecule has 0 aliphatic carbocycles. The Bertz CT molecular complexity index is 708. The third kappa shape index (κ3) is 3.94. The van der Waals surface area contributed by atoms with Gasteiger partial charge in [0.2, 0.25) is 0 Å². The molecule has 1 aliphatic rings. The molecule has 1 saturated heterocycles. The highest BCUT2D eigenvalue weighted by Crippen LogP contribution is 2.07. The summed E-state index contributed by atoms with van der Waals surface area (Å²) >= 11 is 0. The number of nitrogens with one attached hydrogen (secondary N) is 2. The molecule has 1 aromatic carbocycles. The van der Waals surface area contributed by atoms with Crippen LogP contribution in [-0.2, 0) is 11.3 Å². The van der Waals surface area contributed by atoms with E-state index < -0.39 is 5.60 Å². The van der Waals surface area contributed by atoms with Crippen LogP contribution in [0.1, 0.15) is 0 Å². The average Bonchev–Trinajstić information content (AvgIpc) is 2.79. The minimum absolute atomic E-state index is 0.0944. The van der Waals surface area contributed by atoms with Crippen molar-refractivity contribution < 1.29 is 9.84 Å². The van der Waals surface area contributed by atoms with E-state index in [1.165, 1.54) is 4.68 Å². The third-order valence-electron chi connectivity index (χ3n) is 3.96. The number of hydrogen-bond acceptors (Lipinski definition) is 6. The molecule has 1 atom stereocenters. The molecule has 2 heterocycles. The summed E-state index contributed by atoms with van der Waals surface area (Å²) in [6.45, 7) is 3.57. The van der Waals surface area contributed by atoms with E-state index >= 15 is 0 Å². The summed E-state index contributed by atoms with van der Waals surface area (Å²) in [5.74, 6) is 0. The van der Waals surface area contributed by atoms with Crippen LogP contribution in [0.15, 0.2) is 35.3 Å². The first-order valence-electron chi connectivity index (χ1n) is 7.84. The molecule has 1 fully saturated rings. The first-order valence-corrected chi connectivity index (χ1v) is 7.84. The van der Waals surface area contributed by atoms with Crippen molar-refractivity contribution in [2.45, 2.75) is 12.1 Å². The fourth-order valence-electron chi connectivity index (χ4n) is 2.69. The maximum absolute atomic E-state index is 12.3. The third-order valence-corrected chi connectivity index (χ3v) is 3.96. The highest BCUT2D eigenvalue weighted by molar-refractivity contribution is 5.80. The average molecular weight is 318 g/mol. The van der Waals surface area contributed by atoms with Gasteiger partial charge in [-0.05, 0) is 6.07 Å². The van der Waals surface area contributed by atoms with Crippen LogP contribution in [0.25, 0.3) is 10.8 Å². The summed E-state index contributed by atoms with van der Waals surface area (Å²) in [5, 5.41) is 22.4. The van der Waals surface area contributed by atoms with Crippen LogP contribution in [0.5, 0.6) is 0 Å². The van der Waals surface area contributed by atoms with E-state index in [0.29, 0.717) is 44.8 Å². The monoisotopic (exact) mass is 318 g/mol. The molecule has 3 N–H and O–H groups in total. The van der Waals surface area contributed by atoms with Crippen LogP contribution in [0, 0.1) is 0 Å². The summed E-state index contributed by atoms with van der Waals surface area (Å²) in [6, 6.07) is 7.42. The Morgan fingerprint density at radius 1 is 1.43 bits per heavy atom. The van der Waals surface area contributed by atoms with Gasteiger partial charge in [0.15, 0.2) is 0 Å². The van der Waals surface area contributed by atoms with Gasteiger partial charge in [0.25, 0.3) is 5.56 Å². The lowest BCUT2D eigenvalue weighted by atomic mass is 10.1. The Labute approximate surface area is 134 Å². The van der Waals surface area contributed by atoms with Crippen molar-refractivity contribution in [3.05, 3.63) is 40.8 Å². The standard InChI is InChI=1S/C16H22N4O3/c21-15-14-4-2-1-3-13(14)9-19-20(15)7-5-17-10-16(22)11-18-6-8-23-12-16/h1-4,9,17-18,22H,5-8,10-12H2/t16-/m1/s1. The molecule has 2 aromatic rings. The van der Waals surface area contributed by atoms with Gasteiger partial charge in [0, 0.05) is 31.6 Å². The molecule has 3 rings (SSSR count). The number of fused-ring (bicyclic) bond motifs is 1. The Hall–Kier alpha value is -1.80. The maximum atomic E-state index is 12.3. The summed E-state index contributed by atoms with van der Waals surface area (Å²) < 4.78 is 6.82. The highest BCUT2D eigenvalue weighted by Gasteiger charge is 2.28. The van der Waals surface area contributed by atoms with Gasteiger partial charge >= 0.3 is 0 Å². The van der Waals surface area contributed by atoms with Gasteiger partial charge in [0.05, 0.1) is 31.3 Å². The zero-order valence-electron chi connectivity index (χ0n) is 13.0. The Balaban J connectivity index is 1.56. The SMILES string of the molecule is O=c1c2ccccc2cnn1CCNC[C@@]1(O)CNCCOC1. The number of nitrogens with zero attached hydrogens (tertiary/aromatic N) is 2. The van der Waals surface area contributed by atoms with E-state index in [0.717, 1.165) is 11.9 Å². The minimum atomic E-state index is -0.918. The van der Waals surface area contributed by atoms with E-state index in [2.05, 4.69) is 15.7 Å². The normalized spacial score (nSPS) is 22.1. The number of benzene rings is 1. The van der Waals surface area contributed by atoms with Gasteiger partial charge in [-0.1, -0.05) is 18.2 Å². The molecule has 7 heteroatoms. The largest absolute Gasteiger partial charge is 0.385 e. The highest BCUT2D eigenvalue weighted by atomic mass is 16.5. The fourth-order valence-corrected chi connectivity index (χ4v) is 2.69. The van der Waals surface area contributed by atoms with Crippen LogP contribution in [0.2, 0.25) is 0 Å². The zero-order valence-corrected chi connectivity index (χ0v) is 13.0. The van der Waals surface area contributed by atoms with E-state index in [-0.39, 0.29) is 5.56 Å². The minimum Gasteiger partial charge on any atom is -0.385 e. The van der Waals surface area contributed by atoms with Gasteiger partial charge in [-0.3, -0.25) is 4.79 Å². The smallest absolute Gasteiger partial charge is 0.274 e. The van der Waals surface area contributed by atoms with Crippen LogP contribution >= 0.6 is 0 Å². The molecule has 7 nitrogen and oxygen atoms in total. The van der Waals surface area contributed by atoms with Crippen molar-refractivity contribution in [2.24, 2.45) is 0 Å². The molecule has 0 spiro atoms. The summed E-state index contributed by atoms with van der Waals surface area (Å²) in [6.07, 6.45) is 1.70. The van der Waals surface area contributed by atoms with E-state index in [9.17, 15) is 9.90 Å². The van der Waals surface area contributed by atoms with Gasteiger partial charge in [-0.2, -0.15) is 5.10 Å². The van der Waals surface area contributed by atoms with Crippen molar-refractivity contribution in [3.8, 4) is 0 Å². The van der Waals surface area contributed by atoms with E-state index in [1.54, 1.807) is 12.3 Å². The molecule has 1 aliphatic heterocycles. The number of rotatable bonds is 5. The zero-order chi connectivity index (χ0) is 16.1. The first kappa shape index (κ1) is 16.1. The molecular formula is C16H22N4O3. The second-order valence-corrected chi connectivity index (χ2v) is 5.89. The Kier molecular flexibility index (Phi) is 5.02. The van der Waals surface area contributed by atoms with Crippen molar-refractivity contribution in [2.75, 3.05) is 39.4 Å². The summed E-state index contributed by atoms with van der Waals surface area (Å²) in [4.78, 5) is 12.3.